The summed E-state index contributed by atoms with van der Waals surface area (Å²) in [7, 11) is -1.47. The number of ether oxygens (including phenoxy) is 1. The van der Waals surface area contributed by atoms with Gasteiger partial charge in [0.25, 0.3) is 0 Å². The van der Waals surface area contributed by atoms with Crippen molar-refractivity contribution >= 4 is 9.84 Å². The highest BCUT2D eigenvalue weighted by molar-refractivity contribution is 7.91. The molecule has 1 aliphatic rings. The number of nitrogens with one attached hydrogen (secondary N) is 1. The Kier molecular flexibility index (Phi) is 4.29. The molecule has 2 rings (SSSR count). The summed E-state index contributed by atoms with van der Waals surface area (Å²) in [6.07, 6.45) is 1.89. The smallest absolute Gasteiger partial charge is 0.341 e. The van der Waals surface area contributed by atoms with E-state index in [0.29, 0.717) is 12.0 Å². The third-order valence-corrected chi connectivity index (χ3v) is 5.17. The zero-order chi connectivity index (χ0) is 14.9. The van der Waals surface area contributed by atoms with Gasteiger partial charge in [-0.1, -0.05) is 6.07 Å². The van der Waals surface area contributed by atoms with E-state index >= 15 is 0 Å². The van der Waals surface area contributed by atoms with E-state index in [-0.39, 0.29) is 5.75 Å². The lowest BCUT2D eigenvalue weighted by Gasteiger charge is -2.35. The summed E-state index contributed by atoms with van der Waals surface area (Å²) >= 11 is 0. The van der Waals surface area contributed by atoms with Crippen LogP contribution in [0.2, 0.25) is 0 Å². The van der Waals surface area contributed by atoms with E-state index in [0.717, 1.165) is 18.4 Å². The molecule has 0 unspecified atom stereocenters. The highest BCUT2D eigenvalue weighted by Gasteiger charge is 2.33. The predicted octanol–water partition coefficient (Wildman–Crippen LogP) is 2.16. The molecular weight excluding hydrogens is 288 g/mol. The maximum absolute atomic E-state index is 12.6. The molecule has 1 aromatic rings. The van der Waals surface area contributed by atoms with Crippen LogP contribution in [0.1, 0.15) is 24.3 Å². The lowest BCUT2D eigenvalue weighted by Crippen LogP contribution is -2.37. The van der Waals surface area contributed by atoms with Gasteiger partial charge in [0, 0.05) is 6.04 Å². The van der Waals surface area contributed by atoms with E-state index in [1.807, 2.05) is 7.05 Å². The highest BCUT2D eigenvalue weighted by atomic mass is 32.2. The number of halogens is 2. The van der Waals surface area contributed by atoms with E-state index in [4.69, 9.17) is 4.74 Å². The molecule has 0 atom stereocenters. The minimum atomic E-state index is -4.64. The first-order valence-electron chi connectivity index (χ1n) is 6.27. The Bertz CT molecular complexity index is 583. The third kappa shape index (κ3) is 2.64. The Hall–Kier alpha value is -1.21. The molecule has 1 fully saturated rings. The van der Waals surface area contributed by atoms with Gasteiger partial charge in [-0.15, -0.1) is 0 Å². The fourth-order valence-electron chi connectivity index (χ4n) is 2.39. The summed E-state index contributed by atoms with van der Waals surface area (Å²) in [5.41, 5.74) is 0.918. The maximum Gasteiger partial charge on any atom is 0.341 e. The Balaban J connectivity index is 2.30. The quantitative estimate of drug-likeness (QED) is 0.906. The van der Waals surface area contributed by atoms with Crippen LogP contribution in [-0.2, 0) is 9.84 Å². The van der Waals surface area contributed by atoms with E-state index in [1.165, 1.54) is 13.2 Å². The zero-order valence-electron chi connectivity index (χ0n) is 11.3. The minimum Gasteiger partial charge on any atom is -0.495 e. The molecule has 112 valence electrons. The van der Waals surface area contributed by atoms with Gasteiger partial charge in [0.2, 0.25) is 9.84 Å². The van der Waals surface area contributed by atoms with Crippen LogP contribution in [0.3, 0.4) is 0 Å². The van der Waals surface area contributed by atoms with Crippen LogP contribution in [0.4, 0.5) is 8.78 Å². The number of rotatable bonds is 5. The van der Waals surface area contributed by atoms with Crippen molar-refractivity contribution in [3.8, 4) is 5.75 Å². The molecule has 1 aliphatic carbocycles. The van der Waals surface area contributed by atoms with Crippen LogP contribution in [0.5, 0.6) is 5.75 Å². The van der Waals surface area contributed by atoms with Gasteiger partial charge in [0.05, 0.1) is 7.11 Å². The van der Waals surface area contributed by atoms with Gasteiger partial charge >= 0.3 is 5.76 Å². The molecule has 0 spiro atoms. The topological polar surface area (TPSA) is 55.4 Å². The van der Waals surface area contributed by atoms with Crippen molar-refractivity contribution in [3.63, 3.8) is 0 Å². The number of sulfone groups is 1. The van der Waals surface area contributed by atoms with Crippen LogP contribution >= 0.6 is 0 Å². The van der Waals surface area contributed by atoms with E-state index in [2.05, 4.69) is 5.32 Å². The summed E-state index contributed by atoms with van der Waals surface area (Å²) in [6.45, 7) is 0. The maximum atomic E-state index is 12.6. The van der Waals surface area contributed by atoms with Gasteiger partial charge in [0.1, 0.15) is 10.6 Å². The van der Waals surface area contributed by atoms with Gasteiger partial charge in [0.15, 0.2) is 0 Å². The first kappa shape index (κ1) is 15.2. The molecule has 0 saturated heterocycles. The number of benzene rings is 1. The molecule has 1 aromatic carbocycles. The lowest BCUT2D eigenvalue weighted by molar-refractivity contribution is 0.234. The summed E-state index contributed by atoms with van der Waals surface area (Å²) in [5.74, 6) is -3.15. The molecule has 1 N–H and O–H groups in total. The van der Waals surface area contributed by atoms with Gasteiger partial charge < -0.3 is 10.1 Å². The average molecular weight is 305 g/mol. The van der Waals surface area contributed by atoms with Crippen LogP contribution in [0, 0.1) is 0 Å². The molecule has 20 heavy (non-hydrogen) atoms. The Morgan fingerprint density at radius 3 is 2.50 bits per heavy atom. The second kappa shape index (κ2) is 5.65. The summed E-state index contributed by atoms with van der Waals surface area (Å²) < 4.78 is 53.2. The van der Waals surface area contributed by atoms with Crippen LogP contribution in [0.25, 0.3) is 0 Å². The molecule has 0 aliphatic heterocycles. The second-order valence-electron chi connectivity index (χ2n) is 4.87. The van der Waals surface area contributed by atoms with E-state index in [9.17, 15) is 17.2 Å². The van der Waals surface area contributed by atoms with Gasteiger partial charge in [-0.3, -0.25) is 0 Å². The fraction of sp³-hybridized carbons (Fsp3) is 0.538. The van der Waals surface area contributed by atoms with Crippen molar-refractivity contribution in [3.05, 3.63) is 23.8 Å². The van der Waals surface area contributed by atoms with Crippen molar-refractivity contribution in [1.82, 2.24) is 5.32 Å². The van der Waals surface area contributed by atoms with Gasteiger partial charge in [-0.2, -0.15) is 8.78 Å². The molecule has 7 heteroatoms. The Labute approximate surface area is 117 Å². The van der Waals surface area contributed by atoms with Crippen molar-refractivity contribution in [2.24, 2.45) is 0 Å². The van der Waals surface area contributed by atoms with E-state index < -0.39 is 20.5 Å². The predicted molar refractivity (Wildman–Crippen MR) is 71.0 cm³/mol. The average Bonchev–Trinajstić information content (AvgIpc) is 2.37. The second-order valence-corrected chi connectivity index (χ2v) is 6.76. The minimum absolute atomic E-state index is 0.0179. The third-order valence-electron chi connectivity index (χ3n) is 3.75. The fourth-order valence-corrected chi connectivity index (χ4v) is 3.27. The van der Waals surface area contributed by atoms with Crippen LogP contribution in [-0.4, -0.2) is 34.4 Å². The lowest BCUT2D eigenvalue weighted by atomic mass is 9.76. The van der Waals surface area contributed by atoms with Gasteiger partial charge in [-0.05, 0) is 43.5 Å². The first-order chi connectivity index (χ1) is 9.40. The SMILES string of the molecule is CNC1CC(c2ccc(S(=O)(=O)C(F)F)c(OC)c2)C1. The molecule has 0 bridgehead atoms. The molecule has 4 nitrogen and oxygen atoms in total. The molecule has 1 saturated carbocycles. The molecule has 0 radical (unpaired) electrons. The zero-order valence-corrected chi connectivity index (χ0v) is 12.1. The van der Waals surface area contributed by atoms with Crippen LogP contribution < -0.4 is 10.1 Å². The Morgan fingerprint density at radius 2 is 2.00 bits per heavy atom. The standard InChI is InChI=1S/C13H17F2NO3S/c1-16-10-5-9(6-10)8-3-4-12(11(7-8)19-2)20(17,18)13(14)15/h3-4,7,9-10,13,16H,5-6H2,1-2H3. The molecule has 0 aromatic heterocycles. The Morgan fingerprint density at radius 1 is 1.35 bits per heavy atom. The largest absolute Gasteiger partial charge is 0.495 e. The normalized spacial score (nSPS) is 22.6. The van der Waals surface area contributed by atoms with Gasteiger partial charge in [-0.25, -0.2) is 8.42 Å². The number of hydrogen-bond donors (Lipinski definition) is 1. The molecular formula is C13H17F2NO3S. The number of alkyl halides is 2. The van der Waals surface area contributed by atoms with Crippen molar-refractivity contribution in [2.45, 2.75) is 35.5 Å². The number of hydrogen-bond acceptors (Lipinski definition) is 4. The first-order valence-corrected chi connectivity index (χ1v) is 7.82. The van der Waals surface area contributed by atoms with Crippen LogP contribution in [0.15, 0.2) is 23.1 Å². The van der Waals surface area contributed by atoms with Crippen molar-refractivity contribution < 1.29 is 21.9 Å². The monoisotopic (exact) mass is 305 g/mol. The summed E-state index contributed by atoms with van der Waals surface area (Å²) in [4.78, 5) is -0.455. The molecule has 0 heterocycles. The number of methoxy groups -OCH3 is 1. The highest BCUT2D eigenvalue weighted by Crippen LogP contribution is 2.39. The molecule has 0 amide bonds. The summed E-state index contributed by atoms with van der Waals surface area (Å²) in [5, 5.41) is 3.15. The summed E-state index contributed by atoms with van der Waals surface area (Å²) in [6, 6.07) is 4.80. The van der Waals surface area contributed by atoms with Crippen molar-refractivity contribution in [1.29, 1.82) is 0 Å². The van der Waals surface area contributed by atoms with E-state index in [1.54, 1.807) is 12.1 Å². The van der Waals surface area contributed by atoms with Crippen molar-refractivity contribution in [2.75, 3.05) is 14.2 Å².